The van der Waals surface area contributed by atoms with Crippen LogP contribution in [0.2, 0.25) is 0 Å². The normalized spacial score (nSPS) is 20.1. The van der Waals surface area contributed by atoms with Crippen LogP contribution in [0.3, 0.4) is 0 Å². The lowest BCUT2D eigenvalue weighted by atomic mass is 10.0. The van der Waals surface area contributed by atoms with Gasteiger partial charge < -0.3 is 5.73 Å². The lowest BCUT2D eigenvalue weighted by Gasteiger charge is -2.07. The molecule has 0 heterocycles. The van der Waals surface area contributed by atoms with Crippen LogP contribution in [0.5, 0.6) is 0 Å². The Kier molecular flexibility index (Phi) is 4.68. The van der Waals surface area contributed by atoms with Crippen molar-refractivity contribution in [3.63, 3.8) is 0 Å². The highest BCUT2D eigenvalue weighted by Crippen LogP contribution is 2.19. The maximum Gasteiger partial charge on any atom is 0.00795 e. The minimum Gasteiger partial charge on any atom is -0.327 e. The Balaban J connectivity index is 0.000000461. The van der Waals surface area contributed by atoms with E-state index in [1.165, 1.54) is 30.4 Å². The first kappa shape index (κ1) is 11.3. The van der Waals surface area contributed by atoms with Crippen molar-refractivity contribution in [1.29, 1.82) is 0 Å². The maximum absolute atomic E-state index is 5.95. The van der Waals surface area contributed by atoms with Crippen LogP contribution in [0.25, 0.3) is 0 Å². The number of rotatable bonds is 0. The molecule has 1 aliphatic rings. The van der Waals surface area contributed by atoms with Gasteiger partial charge in [0.05, 0.1) is 0 Å². The molecule has 0 radical (unpaired) electrons. The molecule has 1 aromatic carbocycles. The average molecular weight is 191 g/mol. The van der Waals surface area contributed by atoms with Gasteiger partial charge in [-0.1, -0.05) is 38.1 Å². The Morgan fingerprint density at radius 1 is 1.14 bits per heavy atom. The van der Waals surface area contributed by atoms with Gasteiger partial charge in [0.1, 0.15) is 0 Å². The van der Waals surface area contributed by atoms with Crippen LogP contribution in [-0.4, -0.2) is 6.04 Å². The van der Waals surface area contributed by atoms with E-state index >= 15 is 0 Å². The number of aryl methyl sites for hydroxylation is 1. The van der Waals surface area contributed by atoms with Crippen molar-refractivity contribution in [2.24, 2.45) is 5.73 Å². The highest BCUT2D eigenvalue weighted by Gasteiger charge is 2.11. The molecule has 0 spiro atoms. The second-order valence-electron chi connectivity index (χ2n) is 3.63. The standard InChI is InChI=1S/C11H15N.C2H6/c12-11-7-3-6-9-4-1-2-5-10(9)8-11;1-2/h1-2,4-5,11H,3,6-8,12H2;1-2H3. The number of benzene rings is 1. The lowest BCUT2D eigenvalue weighted by Crippen LogP contribution is -2.21. The van der Waals surface area contributed by atoms with Crippen LogP contribution in [0.4, 0.5) is 0 Å². The zero-order valence-electron chi connectivity index (χ0n) is 9.29. The smallest absolute Gasteiger partial charge is 0.00795 e. The second-order valence-corrected chi connectivity index (χ2v) is 3.63. The molecule has 1 heteroatoms. The molecule has 14 heavy (non-hydrogen) atoms. The molecule has 0 bridgehead atoms. The van der Waals surface area contributed by atoms with E-state index in [9.17, 15) is 0 Å². The highest BCUT2D eigenvalue weighted by molar-refractivity contribution is 5.28. The molecule has 0 saturated heterocycles. The molecule has 1 aliphatic carbocycles. The van der Waals surface area contributed by atoms with Gasteiger partial charge in [-0.15, -0.1) is 0 Å². The van der Waals surface area contributed by atoms with E-state index in [4.69, 9.17) is 5.73 Å². The van der Waals surface area contributed by atoms with Gasteiger partial charge in [-0.05, 0) is 36.8 Å². The predicted molar refractivity (Wildman–Crippen MR) is 62.4 cm³/mol. The third kappa shape index (κ3) is 2.85. The van der Waals surface area contributed by atoms with Crippen LogP contribution < -0.4 is 5.73 Å². The molecule has 1 unspecified atom stereocenters. The Labute approximate surface area is 87.3 Å². The molecule has 2 rings (SSSR count). The van der Waals surface area contributed by atoms with E-state index in [1.807, 2.05) is 13.8 Å². The van der Waals surface area contributed by atoms with Crippen molar-refractivity contribution in [3.05, 3.63) is 35.4 Å². The predicted octanol–water partition coefficient (Wildman–Crippen LogP) is 2.92. The largest absolute Gasteiger partial charge is 0.327 e. The van der Waals surface area contributed by atoms with Crippen LogP contribution in [0, 0.1) is 0 Å². The molecule has 0 amide bonds. The molecular formula is C13H21N. The molecule has 1 nitrogen and oxygen atoms in total. The number of hydrogen-bond acceptors (Lipinski definition) is 1. The fourth-order valence-corrected chi connectivity index (χ4v) is 1.94. The lowest BCUT2D eigenvalue weighted by molar-refractivity contribution is 0.603. The third-order valence-corrected chi connectivity index (χ3v) is 2.62. The number of hydrogen-bond donors (Lipinski definition) is 1. The van der Waals surface area contributed by atoms with E-state index in [1.54, 1.807) is 0 Å². The first-order valence-corrected chi connectivity index (χ1v) is 5.68. The monoisotopic (exact) mass is 191 g/mol. The van der Waals surface area contributed by atoms with E-state index in [2.05, 4.69) is 24.3 Å². The summed E-state index contributed by atoms with van der Waals surface area (Å²) in [6.45, 7) is 4.00. The topological polar surface area (TPSA) is 26.0 Å². The van der Waals surface area contributed by atoms with Gasteiger partial charge in [0.2, 0.25) is 0 Å². The molecule has 1 atom stereocenters. The quantitative estimate of drug-likeness (QED) is 0.627. The van der Waals surface area contributed by atoms with Crippen molar-refractivity contribution in [2.45, 2.75) is 45.6 Å². The van der Waals surface area contributed by atoms with Crippen molar-refractivity contribution in [3.8, 4) is 0 Å². The Hall–Kier alpha value is -0.820. The van der Waals surface area contributed by atoms with Gasteiger partial charge in [0.25, 0.3) is 0 Å². The number of fused-ring (bicyclic) bond motifs is 1. The fraction of sp³-hybridized carbons (Fsp3) is 0.538. The Bertz CT molecular complexity index is 268. The highest BCUT2D eigenvalue weighted by atomic mass is 14.6. The Morgan fingerprint density at radius 2 is 1.79 bits per heavy atom. The van der Waals surface area contributed by atoms with Gasteiger partial charge in [-0.2, -0.15) is 0 Å². The van der Waals surface area contributed by atoms with Gasteiger partial charge in [-0.3, -0.25) is 0 Å². The van der Waals surface area contributed by atoms with E-state index < -0.39 is 0 Å². The summed E-state index contributed by atoms with van der Waals surface area (Å²) in [6, 6.07) is 9.05. The van der Waals surface area contributed by atoms with Crippen molar-refractivity contribution in [2.75, 3.05) is 0 Å². The van der Waals surface area contributed by atoms with Gasteiger partial charge in [-0.25, -0.2) is 0 Å². The van der Waals surface area contributed by atoms with Gasteiger partial charge >= 0.3 is 0 Å². The van der Waals surface area contributed by atoms with E-state index in [0.29, 0.717) is 6.04 Å². The van der Waals surface area contributed by atoms with E-state index in [-0.39, 0.29) is 0 Å². The molecule has 0 aromatic heterocycles. The van der Waals surface area contributed by atoms with E-state index in [0.717, 1.165) is 6.42 Å². The summed E-state index contributed by atoms with van der Waals surface area (Å²) in [6.07, 6.45) is 4.70. The van der Waals surface area contributed by atoms with Crippen LogP contribution in [-0.2, 0) is 12.8 Å². The SMILES string of the molecule is CC.NC1CCCc2ccccc2C1. The molecule has 2 N–H and O–H groups in total. The summed E-state index contributed by atoms with van der Waals surface area (Å²) < 4.78 is 0. The van der Waals surface area contributed by atoms with Gasteiger partial charge in [0, 0.05) is 6.04 Å². The summed E-state index contributed by atoms with van der Waals surface area (Å²) in [7, 11) is 0. The summed E-state index contributed by atoms with van der Waals surface area (Å²) >= 11 is 0. The molecular weight excluding hydrogens is 170 g/mol. The molecule has 0 aliphatic heterocycles. The Morgan fingerprint density at radius 3 is 2.50 bits per heavy atom. The van der Waals surface area contributed by atoms with Crippen LogP contribution in [0.15, 0.2) is 24.3 Å². The zero-order chi connectivity index (χ0) is 10.4. The second kappa shape index (κ2) is 5.82. The first-order valence-electron chi connectivity index (χ1n) is 5.68. The minimum absolute atomic E-state index is 0.383. The van der Waals surface area contributed by atoms with Gasteiger partial charge in [0.15, 0.2) is 0 Å². The van der Waals surface area contributed by atoms with Crippen molar-refractivity contribution in [1.82, 2.24) is 0 Å². The molecule has 0 saturated carbocycles. The van der Waals surface area contributed by atoms with Crippen LogP contribution in [0.1, 0.15) is 37.8 Å². The molecule has 1 aromatic rings. The summed E-state index contributed by atoms with van der Waals surface area (Å²) in [5.74, 6) is 0. The third-order valence-electron chi connectivity index (χ3n) is 2.62. The number of nitrogens with two attached hydrogens (primary N) is 1. The first-order chi connectivity index (χ1) is 6.86. The zero-order valence-corrected chi connectivity index (χ0v) is 9.29. The molecule has 0 fully saturated rings. The van der Waals surface area contributed by atoms with Crippen LogP contribution >= 0.6 is 0 Å². The summed E-state index contributed by atoms with van der Waals surface area (Å²) in [5, 5.41) is 0. The van der Waals surface area contributed by atoms with Crippen molar-refractivity contribution >= 4 is 0 Å². The maximum atomic E-state index is 5.95. The fourth-order valence-electron chi connectivity index (χ4n) is 1.94. The van der Waals surface area contributed by atoms with Crippen molar-refractivity contribution < 1.29 is 0 Å². The molecule has 78 valence electrons. The average Bonchev–Trinajstić information content (AvgIpc) is 2.41. The minimum atomic E-state index is 0.383. The summed E-state index contributed by atoms with van der Waals surface area (Å²) in [5.41, 5.74) is 8.92. The summed E-state index contributed by atoms with van der Waals surface area (Å²) in [4.78, 5) is 0.